The lowest BCUT2D eigenvalue weighted by atomic mass is 10.3. The van der Waals surface area contributed by atoms with Crippen molar-refractivity contribution in [3.8, 4) is 11.4 Å². The monoisotopic (exact) mass is 250 g/mol. The molecule has 4 nitrogen and oxygen atoms in total. The van der Waals surface area contributed by atoms with Gasteiger partial charge in [-0.1, -0.05) is 18.3 Å². The van der Waals surface area contributed by atoms with Gasteiger partial charge in [0.25, 0.3) is 0 Å². The molecule has 1 N–H and O–H groups in total. The first-order chi connectivity index (χ1) is 8.24. The Kier molecular flexibility index (Phi) is 3.61. The molecule has 2 rings (SSSR count). The number of benzene rings is 1. The molecule has 1 aromatic heterocycles. The molecule has 0 atom stereocenters. The van der Waals surface area contributed by atoms with Crippen LogP contribution < -0.4 is 4.74 Å². The minimum atomic E-state index is 0.514. The van der Waals surface area contributed by atoms with Gasteiger partial charge in [-0.2, -0.15) is 0 Å². The predicted octanol–water partition coefficient (Wildman–Crippen LogP) is 2.69. The van der Waals surface area contributed by atoms with E-state index in [2.05, 4.69) is 5.10 Å². The fraction of sp³-hybridized carbons (Fsp3) is 0.250. The molecule has 2 aromatic rings. The quantitative estimate of drug-likeness (QED) is 0.848. The number of nitrogens with one attached hydrogen (secondary N) is 1. The van der Waals surface area contributed by atoms with E-state index in [0.29, 0.717) is 11.2 Å². The average molecular weight is 250 g/mol. The molecule has 90 valence electrons. The highest BCUT2D eigenvalue weighted by atomic mass is 32.1. The number of hydrogen-bond acceptors (Lipinski definition) is 3. The van der Waals surface area contributed by atoms with Crippen molar-refractivity contribution in [3.05, 3.63) is 40.7 Å². The van der Waals surface area contributed by atoms with E-state index in [1.54, 1.807) is 14.2 Å². The molecule has 0 fully saturated rings. The highest BCUT2D eigenvalue weighted by molar-refractivity contribution is 7.71. The summed E-state index contributed by atoms with van der Waals surface area (Å²) in [6.07, 6.45) is 0. The third-order valence-corrected chi connectivity index (χ3v) is 2.69. The van der Waals surface area contributed by atoms with E-state index in [9.17, 15) is 0 Å². The molecule has 0 spiro atoms. The zero-order valence-corrected chi connectivity index (χ0v) is 10.6. The number of rotatable bonds is 4. The maximum absolute atomic E-state index is 5.28. The summed E-state index contributed by atoms with van der Waals surface area (Å²) in [5.74, 6) is 0.798. The molecular formula is C12H14N2O2S. The van der Waals surface area contributed by atoms with Crippen molar-refractivity contribution < 1.29 is 9.47 Å². The fourth-order valence-electron chi connectivity index (χ4n) is 1.62. The van der Waals surface area contributed by atoms with Gasteiger partial charge in [-0.3, -0.25) is 5.10 Å². The van der Waals surface area contributed by atoms with Crippen LogP contribution in [-0.4, -0.2) is 24.0 Å². The first-order valence-corrected chi connectivity index (χ1v) is 5.59. The first-order valence-electron chi connectivity index (χ1n) is 5.19. The summed E-state index contributed by atoms with van der Waals surface area (Å²) in [4.78, 5) is 0. The topological polar surface area (TPSA) is 39.2 Å². The van der Waals surface area contributed by atoms with Gasteiger partial charge in [-0.05, 0) is 18.2 Å². The standard InChI is InChI=1S/C12H14N2O2S/c1-15-8-9-6-12(17)14(13-9)10-4-3-5-11(7-10)16-2/h3-7,13H,8H2,1-2H3. The largest absolute Gasteiger partial charge is 0.497 e. The third-order valence-electron chi connectivity index (χ3n) is 2.38. The Balaban J connectivity index is 2.41. The van der Waals surface area contributed by atoms with Crippen molar-refractivity contribution in [2.75, 3.05) is 14.2 Å². The van der Waals surface area contributed by atoms with Gasteiger partial charge in [0.2, 0.25) is 0 Å². The number of aromatic nitrogens is 2. The molecule has 0 unspecified atom stereocenters. The number of ether oxygens (including phenoxy) is 2. The van der Waals surface area contributed by atoms with Crippen LogP contribution in [0.15, 0.2) is 30.3 Å². The Hall–Kier alpha value is -1.59. The normalized spacial score (nSPS) is 10.5. The number of methoxy groups -OCH3 is 2. The molecule has 1 heterocycles. The number of nitrogens with zero attached hydrogens (tertiary/aromatic N) is 1. The van der Waals surface area contributed by atoms with E-state index in [4.69, 9.17) is 21.7 Å². The second-order valence-corrected chi connectivity index (χ2v) is 4.01. The van der Waals surface area contributed by atoms with Gasteiger partial charge >= 0.3 is 0 Å². The Morgan fingerprint density at radius 2 is 2.12 bits per heavy atom. The Labute approximate surface area is 105 Å². The van der Waals surface area contributed by atoms with Crippen LogP contribution in [-0.2, 0) is 11.3 Å². The highest BCUT2D eigenvalue weighted by Crippen LogP contribution is 2.17. The van der Waals surface area contributed by atoms with Crippen LogP contribution >= 0.6 is 12.2 Å². The first kappa shape index (κ1) is 11.9. The zero-order chi connectivity index (χ0) is 12.3. The van der Waals surface area contributed by atoms with E-state index >= 15 is 0 Å². The lowest BCUT2D eigenvalue weighted by Gasteiger charge is -2.05. The van der Waals surface area contributed by atoms with E-state index < -0.39 is 0 Å². The number of aromatic amines is 1. The van der Waals surface area contributed by atoms with Gasteiger partial charge < -0.3 is 9.47 Å². The molecule has 0 aliphatic rings. The zero-order valence-electron chi connectivity index (χ0n) is 9.77. The van der Waals surface area contributed by atoms with Crippen LogP contribution in [0.1, 0.15) is 5.69 Å². The molecule has 0 amide bonds. The van der Waals surface area contributed by atoms with Crippen LogP contribution in [0.25, 0.3) is 5.69 Å². The van der Waals surface area contributed by atoms with Gasteiger partial charge in [-0.25, -0.2) is 4.68 Å². The van der Waals surface area contributed by atoms with Crippen molar-refractivity contribution in [1.82, 2.24) is 9.78 Å². The van der Waals surface area contributed by atoms with Crippen molar-refractivity contribution in [1.29, 1.82) is 0 Å². The molecule has 5 heteroatoms. The predicted molar refractivity (Wildman–Crippen MR) is 68.2 cm³/mol. The number of hydrogen-bond donors (Lipinski definition) is 1. The van der Waals surface area contributed by atoms with Crippen LogP contribution in [0.3, 0.4) is 0 Å². The van der Waals surface area contributed by atoms with Gasteiger partial charge in [0.1, 0.15) is 10.4 Å². The van der Waals surface area contributed by atoms with Gasteiger partial charge in [0.15, 0.2) is 0 Å². The Morgan fingerprint density at radius 3 is 2.82 bits per heavy atom. The van der Waals surface area contributed by atoms with Gasteiger partial charge in [-0.15, -0.1) is 0 Å². The second kappa shape index (κ2) is 5.16. The minimum absolute atomic E-state index is 0.514. The Bertz CT molecular complexity index is 560. The van der Waals surface area contributed by atoms with Crippen LogP contribution in [0.4, 0.5) is 0 Å². The molecule has 0 aliphatic carbocycles. The van der Waals surface area contributed by atoms with Gasteiger partial charge in [0.05, 0.1) is 25.1 Å². The Morgan fingerprint density at radius 1 is 1.29 bits per heavy atom. The van der Waals surface area contributed by atoms with Crippen molar-refractivity contribution in [3.63, 3.8) is 0 Å². The summed E-state index contributed by atoms with van der Waals surface area (Å²) in [5.41, 5.74) is 1.89. The van der Waals surface area contributed by atoms with E-state index in [1.165, 1.54) is 0 Å². The van der Waals surface area contributed by atoms with Crippen molar-refractivity contribution in [2.45, 2.75) is 6.61 Å². The maximum atomic E-state index is 5.28. The van der Waals surface area contributed by atoms with Crippen LogP contribution in [0.2, 0.25) is 0 Å². The fourth-order valence-corrected chi connectivity index (χ4v) is 1.91. The van der Waals surface area contributed by atoms with Crippen LogP contribution in [0, 0.1) is 4.64 Å². The van der Waals surface area contributed by atoms with Gasteiger partial charge in [0, 0.05) is 13.2 Å². The maximum Gasteiger partial charge on any atom is 0.128 e. The average Bonchev–Trinajstić information content (AvgIpc) is 2.71. The van der Waals surface area contributed by atoms with Crippen molar-refractivity contribution >= 4 is 12.2 Å². The van der Waals surface area contributed by atoms with E-state index in [0.717, 1.165) is 17.1 Å². The molecule has 0 saturated heterocycles. The summed E-state index contributed by atoms with van der Waals surface area (Å²) in [6, 6.07) is 9.59. The highest BCUT2D eigenvalue weighted by Gasteiger charge is 2.03. The minimum Gasteiger partial charge on any atom is -0.497 e. The molecular weight excluding hydrogens is 236 g/mol. The molecule has 0 aliphatic heterocycles. The SMILES string of the molecule is COCc1cc(=S)n(-c2cccc(OC)c2)[nH]1. The molecule has 0 bridgehead atoms. The lowest BCUT2D eigenvalue weighted by molar-refractivity contribution is 0.181. The van der Waals surface area contributed by atoms with E-state index in [1.807, 2.05) is 35.0 Å². The summed E-state index contributed by atoms with van der Waals surface area (Å²) in [5, 5.41) is 3.18. The summed E-state index contributed by atoms with van der Waals surface area (Å²) in [7, 11) is 3.29. The van der Waals surface area contributed by atoms with E-state index in [-0.39, 0.29) is 0 Å². The van der Waals surface area contributed by atoms with Crippen LogP contribution in [0.5, 0.6) is 5.75 Å². The van der Waals surface area contributed by atoms with Crippen molar-refractivity contribution in [2.24, 2.45) is 0 Å². The molecule has 1 aromatic carbocycles. The number of H-pyrrole nitrogens is 1. The summed E-state index contributed by atoms with van der Waals surface area (Å²) < 4.78 is 12.8. The lowest BCUT2D eigenvalue weighted by Crippen LogP contribution is -1.98. The summed E-state index contributed by atoms with van der Waals surface area (Å²) >= 11 is 5.28. The molecule has 0 saturated carbocycles. The molecule has 17 heavy (non-hydrogen) atoms. The molecule has 0 radical (unpaired) electrons. The summed E-state index contributed by atoms with van der Waals surface area (Å²) in [6.45, 7) is 0.514. The smallest absolute Gasteiger partial charge is 0.128 e. The third kappa shape index (κ3) is 2.57. The second-order valence-electron chi connectivity index (χ2n) is 3.59.